The molecule has 4 rings (SSSR count). The van der Waals surface area contributed by atoms with Crippen LogP contribution < -0.4 is 4.74 Å². The third kappa shape index (κ3) is 3.27. The molecule has 28 heavy (non-hydrogen) atoms. The summed E-state index contributed by atoms with van der Waals surface area (Å²) >= 11 is 0. The van der Waals surface area contributed by atoms with Crippen LogP contribution >= 0.6 is 0 Å². The lowest BCUT2D eigenvalue weighted by atomic mass is 9.62. The number of rotatable bonds is 3. The van der Waals surface area contributed by atoms with Crippen molar-refractivity contribution in [2.45, 2.75) is 77.0 Å². The highest BCUT2D eigenvalue weighted by Crippen LogP contribution is 2.50. The molecule has 0 unspecified atom stereocenters. The van der Waals surface area contributed by atoms with Gasteiger partial charge in [0.05, 0.1) is 11.2 Å². The summed E-state index contributed by atoms with van der Waals surface area (Å²) < 4.78 is 19.2. The van der Waals surface area contributed by atoms with Gasteiger partial charge in [0, 0.05) is 0 Å². The average Bonchev–Trinajstić information content (AvgIpc) is 2.81. The zero-order valence-electron chi connectivity index (χ0n) is 17.9. The van der Waals surface area contributed by atoms with Gasteiger partial charge in [-0.15, -0.1) is 0 Å². The van der Waals surface area contributed by atoms with Gasteiger partial charge in [0.1, 0.15) is 11.9 Å². The first-order valence-corrected chi connectivity index (χ1v) is 10.3. The van der Waals surface area contributed by atoms with E-state index >= 15 is 0 Å². The molecule has 2 heterocycles. The Morgan fingerprint density at radius 3 is 2.18 bits per heavy atom. The largest absolute Gasteiger partial charge is 0.485 e. The molecule has 0 spiro atoms. The van der Waals surface area contributed by atoms with E-state index in [9.17, 15) is 0 Å². The van der Waals surface area contributed by atoms with Crippen LogP contribution in [0.1, 0.15) is 63.8 Å². The highest BCUT2D eigenvalue weighted by Gasteiger charge is 2.54. The van der Waals surface area contributed by atoms with Gasteiger partial charge in [0.2, 0.25) is 0 Å². The fraction of sp³-hybridized carbons (Fsp3) is 0.500. The summed E-state index contributed by atoms with van der Waals surface area (Å²) in [7, 11) is -0.223. The molecule has 0 aliphatic carbocycles. The molecule has 3 nitrogen and oxygen atoms in total. The van der Waals surface area contributed by atoms with Gasteiger partial charge in [0.15, 0.2) is 0 Å². The molecule has 2 aliphatic heterocycles. The van der Waals surface area contributed by atoms with Crippen molar-refractivity contribution in [1.82, 2.24) is 0 Å². The van der Waals surface area contributed by atoms with E-state index in [0.29, 0.717) is 0 Å². The van der Waals surface area contributed by atoms with Crippen LogP contribution in [0.5, 0.6) is 5.75 Å². The van der Waals surface area contributed by atoms with Gasteiger partial charge in [-0.2, -0.15) is 0 Å². The summed E-state index contributed by atoms with van der Waals surface area (Å²) in [4.78, 5) is 0. The SMILES string of the molecule is Cc1ccccc1[C@H]1C[C@](C)(CB2OC(C)(C)C(C)(C)O2)c2ccccc2O1. The van der Waals surface area contributed by atoms with E-state index in [1.54, 1.807) is 0 Å². The van der Waals surface area contributed by atoms with Gasteiger partial charge < -0.3 is 14.0 Å². The van der Waals surface area contributed by atoms with Crippen molar-refractivity contribution in [2.24, 2.45) is 0 Å². The monoisotopic (exact) mass is 378 g/mol. The predicted octanol–water partition coefficient (Wildman–Crippen LogP) is 5.87. The Morgan fingerprint density at radius 1 is 0.893 bits per heavy atom. The van der Waals surface area contributed by atoms with Gasteiger partial charge in [-0.1, -0.05) is 49.4 Å². The smallest absolute Gasteiger partial charge is 0.458 e. The second kappa shape index (κ2) is 6.64. The Kier molecular flexibility index (Phi) is 4.63. The van der Waals surface area contributed by atoms with Gasteiger partial charge in [-0.3, -0.25) is 0 Å². The summed E-state index contributed by atoms with van der Waals surface area (Å²) in [6, 6.07) is 16.9. The zero-order chi connectivity index (χ0) is 20.2. The molecular formula is C24H31BO3. The highest BCUT2D eigenvalue weighted by atomic mass is 16.7. The Labute approximate surface area is 169 Å². The number of benzene rings is 2. The van der Waals surface area contributed by atoms with Gasteiger partial charge in [0.25, 0.3) is 0 Å². The van der Waals surface area contributed by atoms with Crippen LogP contribution in [0.15, 0.2) is 48.5 Å². The Hall–Kier alpha value is -1.78. The molecule has 0 aromatic heterocycles. The molecule has 148 valence electrons. The van der Waals surface area contributed by atoms with Crippen LogP contribution in [0.25, 0.3) is 0 Å². The standard InChI is InChI=1S/C24H31BO3/c1-17-11-7-8-12-18(17)21-15-24(6,19-13-9-10-14-20(19)26-21)16-25-27-22(2,3)23(4,5)28-25/h7-14,21H,15-16H2,1-6H3/t21-,24-/m1/s1. The van der Waals surface area contributed by atoms with E-state index in [-0.39, 0.29) is 29.8 Å². The number of fused-ring (bicyclic) bond motifs is 1. The Bertz CT molecular complexity index is 860. The summed E-state index contributed by atoms with van der Waals surface area (Å²) in [6.07, 6.45) is 1.74. The van der Waals surface area contributed by atoms with Crippen molar-refractivity contribution in [3.05, 3.63) is 65.2 Å². The van der Waals surface area contributed by atoms with Crippen LogP contribution in [-0.4, -0.2) is 18.3 Å². The minimum atomic E-state index is -0.311. The van der Waals surface area contributed by atoms with E-state index in [2.05, 4.69) is 84.0 Å². The first kappa shape index (κ1) is 19.5. The molecule has 2 aromatic rings. The maximum absolute atomic E-state index is 6.46. The third-order valence-corrected chi connectivity index (χ3v) is 6.90. The Balaban J connectivity index is 1.68. The normalized spacial score (nSPS) is 27.9. The minimum absolute atomic E-state index is 0.0310. The first-order valence-electron chi connectivity index (χ1n) is 10.3. The number of aryl methyl sites for hydroxylation is 1. The number of ether oxygens (including phenoxy) is 1. The molecule has 2 atom stereocenters. The van der Waals surface area contributed by atoms with E-state index in [1.807, 2.05) is 6.07 Å². The third-order valence-electron chi connectivity index (χ3n) is 6.90. The van der Waals surface area contributed by atoms with Crippen LogP contribution in [0.4, 0.5) is 0 Å². The maximum Gasteiger partial charge on any atom is 0.458 e. The summed E-state index contributed by atoms with van der Waals surface area (Å²) in [5, 5.41) is 0. The van der Waals surface area contributed by atoms with E-state index in [1.165, 1.54) is 16.7 Å². The molecular weight excluding hydrogens is 347 g/mol. The van der Waals surface area contributed by atoms with Crippen molar-refractivity contribution in [2.75, 3.05) is 0 Å². The molecule has 0 amide bonds. The molecule has 0 saturated carbocycles. The molecule has 2 aromatic carbocycles. The average molecular weight is 378 g/mol. The van der Waals surface area contributed by atoms with E-state index < -0.39 is 0 Å². The fourth-order valence-electron chi connectivity index (χ4n) is 4.51. The lowest BCUT2D eigenvalue weighted by molar-refractivity contribution is 0.00578. The van der Waals surface area contributed by atoms with E-state index in [0.717, 1.165) is 18.5 Å². The van der Waals surface area contributed by atoms with Crippen molar-refractivity contribution in [1.29, 1.82) is 0 Å². The fourth-order valence-corrected chi connectivity index (χ4v) is 4.51. The van der Waals surface area contributed by atoms with E-state index in [4.69, 9.17) is 14.0 Å². The highest BCUT2D eigenvalue weighted by molar-refractivity contribution is 6.46. The first-order chi connectivity index (χ1) is 13.1. The number of hydrogen-bond donors (Lipinski definition) is 0. The summed E-state index contributed by atoms with van der Waals surface area (Å²) in [5.74, 6) is 0.973. The topological polar surface area (TPSA) is 27.7 Å². The molecule has 0 N–H and O–H groups in total. The van der Waals surface area contributed by atoms with Crippen LogP contribution in [0, 0.1) is 6.92 Å². The molecule has 0 bridgehead atoms. The zero-order valence-corrected chi connectivity index (χ0v) is 17.9. The van der Waals surface area contributed by atoms with Crippen LogP contribution in [0.2, 0.25) is 6.32 Å². The second-order valence-electron chi connectivity index (χ2n) is 9.61. The maximum atomic E-state index is 6.46. The van der Waals surface area contributed by atoms with Gasteiger partial charge in [-0.25, -0.2) is 0 Å². The molecule has 1 fully saturated rings. The summed E-state index contributed by atoms with van der Waals surface area (Å²) in [5.41, 5.74) is 3.06. The lowest BCUT2D eigenvalue weighted by Gasteiger charge is -2.41. The number of para-hydroxylation sites is 1. The Morgan fingerprint density at radius 2 is 1.50 bits per heavy atom. The minimum Gasteiger partial charge on any atom is -0.485 e. The van der Waals surface area contributed by atoms with Gasteiger partial charge >= 0.3 is 7.12 Å². The quantitative estimate of drug-likeness (QED) is 0.626. The predicted molar refractivity (Wildman–Crippen MR) is 114 cm³/mol. The lowest BCUT2D eigenvalue weighted by Crippen LogP contribution is -2.41. The van der Waals surface area contributed by atoms with Crippen molar-refractivity contribution < 1.29 is 14.0 Å². The van der Waals surface area contributed by atoms with Gasteiger partial charge in [-0.05, 0) is 75.5 Å². The summed E-state index contributed by atoms with van der Waals surface area (Å²) in [6.45, 7) is 12.9. The van der Waals surface area contributed by atoms with Crippen molar-refractivity contribution >= 4 is 7.12 Å². The van der Waals surface area contributed by atoms with Crippen LogP contribution in [0.3, 0.4) is 0 Å². The van der Waals surface area contributed by atoms with Crippen LogP contribution in [-0.2, 0) is 14.7 Å². The molecule has 4 heteroatoms. The molecule has 1 saturated heterocycles. The van der Waals surface area contributed by atoms with Crippen molar-refractivity contribution in [3.8, 4) is 5.75 Å². The molecule has 0 radical (unpaired) electrons. The number of hydrogen-bond acceptors (Lipinski definition) is 3. The second-order valence-corrected chi connectivity index (χ2v) is 9.61. The van der Waals surface area contributed by atoms with Crippen molar-refractivity contribution in [3.63, 3.8) is 0 Å². The molecule has 2 aliphatic rings.